The highest BCUT2D eigenvalue weighted by Gasteiger charge is 2.15. The zero-order valence-corrected chi connectivity index (χ0v) is 13.5. The molecule has 0 bridgehead atoms. The van der Waals surface area contributed by atoms with E-state index in [1.165, 1.54) is 16.9 Å². The van der Waals surface area contributed by atoms with Gasteiger partial charge < -0.3 is 5.73 Å². The summed E-state index contributed by atoms with van der Waals surface area (Å²) >= 11 is 1.50. The van der Waals surface area contributed by atoms with Crippen molar-refractivity contribution in [3.05, 3.63) is 47.0 Å². The second-order valence-electron chi connectivity index (χ2n) is 5.39. The van der Waals surface area contributed by atoms with Crippen LogP contribution in [0.2, 0.25) is 0 Å². The van der Waals surface area contributed by atoms with Gasteiger partial charge in [0.2, 0.25) is 0 Å². The molecule has 0 atom stereocenters. The van der Waals surface area contributed by atoms with Crippen LogP contribution in [-0.2, 0) is 0 Å². The van der Waals surface area contributed by atoms with Gasteiger partial charge in [0.25, 0.3) is 0 Å². The van der Waals surface area contributed by atoms with E-state index in [4.69, 9.17) is 5.73 Å². The molecule has 0 aliphatic heterocycles. The van der Waals surface area contributed by atoms with Crippen molar-refractivity contribution < 1.29 is 0 Å². The van der Waals surface area contributed by atoms with Gasteiger partial charge in [-0.2, -0.15) is 9.61 Å². The van der Waals surface area contributed by atoms with E-state index in [9.17, 15) is 0 Å². The Kier molecular flexibility index (Phi) is 3.09. The van der Waals surface area contributed by atoms with Crippen LogP contribution in [0.5, 0.6) is 0 Å². The van der Waals surface area contributed by atoms with Crippen LogP contribution >= 0.6 is 11.3 Å². The monoisotopic (exact) mass is 322 g/mol. The maximum Gasteiger partial charge on any atom is 0.179 e. The third-order valence-corrected chi connectivity index (χ3v) is 4.44. The van der Waals surface area contributed by atoms with Crippen molar-refractivity contribution >= 4 is 22.8 Å². The summed E-state index contributed by atoms with van der Waals surface area (Å²) in [5.74, 6) is 0.452. The van der Waals surface area contributed by atoms with Crippen LogP contribution in [0.15, 0.2) is 35.7 Å². The zero-order valence-electron chi connectivity index (χ0n) is 12.7. The number of hydrogen-bond donors (Lipinski definition) is 1. The number of thiazole rings is 1. The van der Waals surface area contributed by atoms with E-state index in [-0.39, 0.29) is 0 Å². The van der Waals surface area contributed by atoms with Crippen LogP contribution in [0.3, 0.4) is 0 Å². The summed E-state index contributed by atoms with van der Waals surface area (Å²) < 4.78 is 1.60. The number of benzene rings is 1. The molecule has 0 saturated heterocycles. The smallest absolute Gasteiger partial charge is 0.179 e. The van der Waals surface area contributed by atoms with Crippen molar-refractivity contribution in [3.8, 4) is 22.0 Å². The highest BCUT2D eigenvalue weighted by Crippen LogP contribution is 2.30. The molecule has 4 aromatic rings. The van der Waals surface area contributed by atoms with Crippen LogP contribution in [0.1, 0.15) is 11.3 Å². The molecule has 23 heavy (non-hydrogen) atoms. The Hall–Kier alpha value is -2.80. The summed E-state index contributed by atoms with van der Waals surface area (Å²) in [4.78, 5) is 4.65. The van der Waals surface area contributed by atoms with Crippen molar-refractivity contribution in [2.45, 2.75) is 13.8 Å². The molecule has 3 aromatic heterocycles. The van der Waals surface area contributed by atoms with E-state index in [0.29, 0.717) is 17.2 Å². The molecular weight excluding hydrogens is 308 g/mol. The van der Waals surface area contributed by atoms with E-state index in [1.807, 2.05) is 18.4 Å². The fourth-order valence-electron chi connectivity index (χ4n) is 2.38. The quantitative estimate of drug-likeness (QED) is 0.613. The van der Waals surface area contributed by atoms with Crippen LogP contribution in [0.4, 0.5) is 5.82 Å². The molecule has 7 heteroatoms. The summed E-state index contributed by atoms with van der Waals surface area (Å²) in [6, 6.07) is 10.1. The molecule has 0 unspecified atom stereocenters. The van der Waals surface area contributed by atoms with Gasteiger partial charge in [0, 0.05) is 17.0 Å². The van der Waals surface area contributed by atoms with Gasteiger partial charge in [0.05, 0.1) is 11.4 Å². The largest absolute Gasteiger partial charge is 0.382 e. The minimum absolute atomic E-state index is 0.452. The molecule has 0 spiro atoms. The Balaban J connectivity index is 1.79. The van der Waals surface area contributed by atoms with Crippen molar-refractivity contribution in [1.82, 2.24) is 24.8 Å². The van der Waals surface area contributed by atoms with Crippen LogP contribution in [-0.4, -0.2) is 24.8 Å². The summed E-state index contributed by atoms with van der Waals surface area (Å²) in [7, 11) is 0. The normalized spacial score (nSPS) is 11.2. The fourth-order valence-corrected chi connectivity index (χ4v) is 3.20. The molecule has 1 aromatic carbocycles. The second kappa shape index (κ2) is 5.13. The Bertz CT molecular complexity index is 999. The molecular formula is C16H14N6S. The first-order valence-corrected chi connectivity index (χ1v) is 8.01. The third kappa shape index (κ3) is 2.35. The maximum absolute atomic E-state index is 6.20. The van der Waals surface area contributed by atoms with E-state index >= 15 is 0 Å². The van der Waals surface area contributed by atoms with Gasteiger partial charge in [-0.3, -0.25) is 0 Å². The fraction of sp³-hybridized carbons (Fsp3) is 0.125. The van der Waals surface area contributed by atoms with Crippen LogP contribution < -0.4 is 5.73 Å². The van der Waals surface area contributed by atoms with Gasteiger partial charge in [-0.15, -0.1) is 21.5 Å². The summed E-state index contributed by atoms with van der Waals surface area (Å²) in [5.41, 5.74) is 11.4. The lowest BCUT2D eigenvalue weighted by molar-refractivity contribution is 0.892. The zero-order chi connectivity index (χ0) is 16.0. The molecule has 0 aliphatic rings. The maximum atomic E-state index is 6.20. The number of anilines is 1. The lowest BCUT2D eigenvalue weighted by atomic mass is 10.1. The summed E-state index contributed by atoms with van der Waals surface area (Å²) in [6.07, 6.45) is 0. The summed E-state index contributed by atoms with van der Waals surface area (Å²) in [5, 5.41) is 15.5. The first kappa shape index (κ1) is 13.8. The van der Waals surface area contributed by atoms with E-state index in [0.717, 1.165) is 22.0 Å². The van der Waals surface area contributed by atoms with Gasteiger partial charge in [-0.25, -0.2) is 4.98 Å². The van der Waals surface area contributed by atoms with Crippen molar-refractivity contribution in [1.29, 1.82) is 0 Å². The van der Waals surface area contributed by atoms with Crippen molar-refractivity contribution in [2.24, 2.45) is 0 Å². The Labute approximate surface area is 136 Å². The van der Waals surface area contributed by atoms with Crippen molar-refractivity contribution in [2.75, 3.05) is 5.73 Å². The lowest BCUT2D eigenvalue weighted by Gasteiger charge is -2.02. The number of nitrogens with two attached hydrogens (primary N) is 1. The SMILES string of the molecule is Cc1ccc(-c2csc(-c3nnc4cc(C)nn4c3N)n2)cc1. The molecule has 0 fully saturated rings. The average Bonchev–Trinajstić information content (AvgIpc) is 3.15. The third-order valence-electron chi connectivity index (χ3n) is 3.59. The van der Waals surface area contributed by atoms with Gasteiger partial charge in [0.1, 0.15) is 5.01 Å². The van der Waals surface area contributed by atoms with Crippen molar-refractivity contribution in [3.63, 3.8) is 0 Å². The van der Waals surface area contributed by atoms with Gasteiger partial charge >= 0.3 is 0 Å². The number of aryl methyl sites for hydroxylation is 2. The van der Waals surface area contributed by atoms with E-state index in [1.54, 1.807) is 4.52 Å². The lowest BCUT2D eigenvalue weighted by Crippen LogP contribution is -2.05. The van der Waals surface area contributed by atoms with E-state index in [2.05, 4.69) is 51.5 Å². The first-order valence-electron chi connectivity index (χ1n) is 7.13. The predicted octanol–water partition coefficient (Wildman–Crippen LogP) is 3.11. The molecule has 6 nitrogen and oxygen atoms in total. The molecule has 0 saturated carbocycles. The highest BCUT2D eigenvalue weighted by molar-refractivity contribution is 7.13. The highest BCUT2D eigenvalue weighted by atomic mass is 32.1. The van der Waals surface area contributed by atoms with Gasteiger partial charge in [-0.05, 0) is 13.8 Å². The van der Waals surface area contributed by atoms with Crippen LogP contribution in [0.25, 0.3) is 27.6 Å². The second-order valence-corrected chi connectivity index (χ2v) is 6.25. The first-order chi connectivity index (χ1) is 11.1. The molecule has 0 radical (unpaired) electrons. The van der Waals surface area contributed by atoms with E-state index < -0.39 is 0 Å². The number of hydrogen-bond acceptors (Lipinski definition) is 6. The molecule has 3 heterocycles. The number of fused-ring (bicyclic) bond motifs is 1. The topological polar surface area (TPSA) is 82.0 Å². The molecule has 4 rings (SSSR count). The average molecular weight is 322 g/mol. The van der Waals surface area contributed by atoms with Gasteiger partial charge in [0.15, 0.2) is 17.2 Å². The number of aromatic nitrogens is 5. The standard InChI is InChI=1S/C16H14N6S/c1-9-3-5-11(6-4-9)12-8-23-16(18-12)14-15(17)22-13(19-20-14)7-10(2)21-22/h3-8H,17H2,1-2H3. The minimum Gasteiger partial charge on any atom is -0.382 e. The Morgan fingerprint density at radius 2 is 1.87 bits per heavy atom. The Morgan fingerprint density at radius 1 is 1.09 bits per heavy atom. The molecule has 0 amide bonds. The molecule has 2 N–H and O–H groups in total. The minimum atomic E-state index is 0.452. The predicted molar refractivity (Wildman–Crippen MR) is 91.2 cm³/mol. The van der Waals surface area contributed by atoms with Crippen LogP contribution in [0, 0.1) is 13.8 Å². The molecule has 0 aliphatic carbocycles. The summed E-state index contributed by atoms with van der Waals surface area (Å²) in [6.45, 7) is 3.96. The van der Waals surface area contributed by atoms with Gasteiger partial charge in [-0.1, -0.05) is 29.8 Å². The number of nitrogens with zero attached hydrogens (tertiary/aromatic N) is 5. The molecule has 114 valence electrons. The Morgan fingerprint density at radius 3 is 2.65 bits per heavy atom. The number of rotatable bonds is 2. The number of nitrogen functional groups attached to an aromatic ring is 1.